The molecule has 0 radical (unpaired) electrons. The van der Waals surface area contributed by atoms with Gasteiger partial charge in [-0.05, 0) is 39.0 Å². The Labute approximate surface area is 148 Å². The first-order chi connectivity index (χ1) is 11.2. The number of nitrogens with zero attached hydrogens (tertiary/aromatic N) is 1. The molecule has 1 unspecified atom stereocenters. The third kappa shape index (κ3) is 4.46. The number of para-hydroxylation sites is 1. The molecule has 0 aliphatic rings. The Morgan fingerprint density at radius 3 is 2.33 bits per heavy atom. The molecular weight excluding hydrogens is 376 g/mol. The third-order valence-corrected chi connectivity index (χ3v) is 3.45. The van der Waals surface area contributed by atoms with Crippen LogP contribution in [0.5, 0.6) is 5.75 Å². The highest BCUT2D eigenvalue weighted by Gasteiger charge is 2.27. The molecule has 7 heteroatoms. The number of halogens is 1. The zero-order valence-corrected chi connectivity index (χ0v) is 15.2. The van der Waals surface area contributed by atoms with Crippen molar-refractivity contribution in [2.75, 3.05) is 0 Å². The van der Waals surface area contributed by atoms with Crippen LogP contribution in [0.4, 0.5) is 4.79 Å². The van der Waals surface area contributed by atoms with Gasteiger partial charge >= 0.3 is 12.1 Å². The SMILES string of the molecule is CC(C)(C)OC(=O)n1ccc(C(N)Br)c1C(=O)Oc1ccccc1. The second-order valence-electron chi connectivity index (χ2n) is 6.07. The fourth-order valence-corrected chi connectivity index (χ4v) is 2.36. The fourth-order valence-electron chi connectivity index (χ4n) is 1.99. The summed E-state index contributed by atoms with van der Waals surface area (Å²) in [5, 5.41) is 0. The number of carbonyl (C=O) groups excluding carboxylic acids is 2. The lowest BCUT2D eigenvalue weighted by molar-refractivity contribution is 0.0511. The molecule has 24 heavy (non-hydrogen) atoms. The van der Waals surface area contributed by atoms with E-state index >= 15 is 0 Å². The molecule has 6 nitrogen and oxygen atoms in total. The topological polar surface area (TPSA) is 83.5 Å². The molecule has 128 valence electrons. The van der Waals surface area contributed by atoms with Gasteiger partial charge in [-0.2, -0.15) is 0 Å². The summed E-state index contributed by atoms with van der Waals surface area (Å²) in [4.78, 5) is 24.3. The second kappa shape index (κ2) is 7.19. The van der Waals surface area contributed by atoms with Crippen molar-refractivity contribution in [2.45, 2.75) is 31.3 Å². The maximum Gasteiger partial charge on any atom is 0.419 e. The molecule has 0 spiro atoms. The van der Waals surface area contributed by atoms with E-state index in [1.807, 2.05) is 0 Å². The number of alkyl halides is 1. The Bertz CT molecular complexity index is 733. The summed E-state index contributed by atoms with van der Waals surface area (Å²) < 4.78 is 11.7. The molecule has 0 amide bonds. The van der Waals surface area contributed by atoms with Crippen LogP contribution in [-0.2, 0) is 4.74 Å². The van der Waals surface area contributed by atoms with Crippen LogP contribution in [0.15, 0.2) is 42.6 Å². The van der Waals surface area contributed by atoms with Gasteiger partial charge in [0.1, 0.15) is 17.0 Å². The van der Waals surface area contributed by atoms with Gasteiger partial charge in [0, 0.05) is 11.8 Å². The molecule has 1 aromatic heterocycles. The number of rotatable bonds is 3. The van der Waals surface area contributed by atoms with E-state index in [-0.39, 0.29) is 5.69 Å². The number of ether oxygens (including phenoxy) is 2. The molecule has 2 N–H and O–H groups in total. The van der Waals surface area contributed by atoms with E-state index in [1.165, 1.54) is 6.20 Å². The number of carbonyl (C=O) groups is 2. The Kier molecular flexibility index (Phi) is 5.46. The third-order valence-electron chi connectivity index (χ3n) is 2.95. The van der Waals surface area contributed by atoms with Gasteiger partial charge in [-0.3, -0.25) is 0 Å². The minimum Gasteiger partial charge on any atom is -0.443 e. The van der Waals surface area contributed by atoms with Crippen LogP contribution >= 0.6 is 15.9 Å². The molecule has 1 aromatic carbocycles. The largest absolute Gasteiger partial charge is 0.443 e. The van der Waals surface area contributed by atoms with E-state index in [4.69, 9.17) is 15.2 Å². The van der Waals surface area contributed by atoms with Gasteiger partial charge in [-0.25, -0.2) is 14.2 Å². The summed E-state index contributed by atoms with van der Waals surface area (Å²) >= 11 is 3.22. The maximum atomic E-state index is 12.6. The van der Waals surface area contributed by atoms with Crippen LogP contribution in [0.25, 0.3) is 0 Å². The van der Waals surface area contributed by atoms with Gasteiger partial charge in [0.15, 0.2) is 0 Å². The van der Waals surface area contributed by atoms with E-state index in [1.54, 1.807) is 57.2 Å². The number of hydrogen-bond acceptors (Lipinski definition) is 5. The van der Waals surface area contributed by atoms with Crippen molar-refractivity contribution in [1.29, 1.82) is 0 Å². The summed E-state index contributed by atoms with van der Waals surface area (Å²) in [6.45, 7) is 5.23. The lowest BCUT2D eigenvalue weighted by Gasteiger charge is -2.20. The summed E-state index contributed by atoms with van der Waals surface area (Å²) in [6.07, 6.45) is 0.758. The molecule has 0 saturated carbocycles. The normalized spacial score (nSPS) is 12.5. The second-order valence-corrected chi connectivity index (χ2v) is 7.06. The standard InChI is InChI=1S/C17H19BrN2O4/c1-17(2,3)24-16(22)20-10-9-12(14(18)19)13(20)15(21)23-11-7-5-4-6-8-11/h4-10,14H,19H2,1-3H3. The molecular formula is C17H19BrN2O4. The summed E-state index contributed by atoms with van der Waals surface area (Å²) in [7, 11) is 0. The number of benzene rings is 1. The van der Waals surface area contributed by atoms with E-state index in [0.29, 0.717) is 11.3 Å². The summed E-state index contributed by atoms with van der Waals surface area (Å²) in [6, 6.07) is 10.2. The Balaban J connectivity index is 2.37. The van der Waals surface area contributed by atoms with Gasteiger partial charge in [0.2, 0.25) is 0 Å². The molecule has 1 heterocycles. The van der Waals surface area contributed by atoms with Gasteiger partial charge in [0.05, 0.1) is 4.95 Å². The first-order valence-electron chi connectivity index (χ1n) is 7.30. The Morgan fingerprint density at radius 1 is 1.17 bits per heavy atom. The zero-order chi connectivity index (χ0) is 17.9. The Hall–Kier alpha value is -2.12. The van der Waals surface area contributed by atoms with Crippen LogP contribution in [-0.4, -0.2) is 22.2 Å². The molecule has 0 fully saturated rings. The van der Waals surface area contributed by atoms with Crippen LogP contribution < -0.4 is 10.5 Å². The highest BCUT2D eigenvalue weighted by Crippen LogP contribution is 2.25. The molecule has 0 aliphatic heterocycles. The van der Waals surface area contributed by atoms with Crippen LogP contribution in [0, 0.1) is 0 Å². The monoisotopic (exact) mass is 394 g/mol. The summed E-state index contributed by atoms with van der Waals surface area (Å²) in [5.74, 6) is -0.324. The highest BCUT2D eigenvalue weighted by molar-refractivity contribution is 9.09. The van der Waals surface area contributed by atoms with Crippen molar-refractivity contribution >= 4 is 28.0 Å². The lowest BCUT2D eigenvalue weighted by atomic mass is 10.2. The quantitative estimate of drug-likeness (QED) is 0.370. The number of aromatic nitrogens is 1. The Morgan fingerprint density at radius 2 is 1.79 bits per heavy atom. The minimum atomic E-state index is -0.696. The lowest BCUT2D eigenvalue weighted by Crippen LogP contribution is -2.29. The van der Waals surface area contributed by atoms with Crippen molar-refractivity contribution in [3.63, 3.8) is 0 Å². The maximum absolute atomic E-state index is 12.6. The first-order valence-corrected chi connectivity index (χ1v) is 8.22. The molecule has 0 aliphatic carbocycles. The number of hydrogen-bond donors (Lipinski definition) is 1. The molecule has 2 rings (SSSR count). The van der Waals surface area contributed by atoms with Gasteiger partial charge < -0.3 is 15.2 Å². The molecule has 2 aromatic rings. The molecule has 1 atom stereocenters. The summed E-state index contributed by atoms with van der Waals surface area (Å²) in [5.41, 5.74) is 5.59. The minimum absolute atomic E-state index is 0.0254. The van der Waals surface area contributed by atoms with Crippen molar-refractivity contribution in [2.24, 2.45) is 5.73 Å². The van der Waals surface area contributed by atoms with Crippen LogP contribution in [0.2, 0.25) is 0 Å². The van der Waals surface area contributed by atoms with E-state index < -0.39 is 22.6 Å². The van der Waals surface area contributed by atoms with Gasteiger partial charge in [0.25, 0.3) is 0 Å². The van der Waals surface area contributed by atoms with E-state index in [0.717, 1.165) is 4.57 Å². The average Bonchev–Trinajstić information content (AvgIpc) is 2.91. The predicted molar refractivity (Wildman–Crippen MR) is 93.3 cm³/mol. The van der Waals surface area contributed by atoms with E-state index in [9.17, 15) is 9.59 Å². The highest BCUT2D eigenvalue weighted by atomic mass is 79.9. The van der Waals surface area contributed by atoms with E-state index in [2.05, 4.69) is 15.9 Å². The predicted octanol–water partition coefficient (Wildman–Crippen LogP) is 3.84. The molecule has 0 bridgehead atoms. The van der Waals surface area contributed by atoms with Crippen molar-refractivity contribution in [3.8, 4) is 5.75 Å². The number of nitrogens with two attached hydrogens (primary N) is 1. The molecule has 0 saturated heterocycles. The number of esters is 1. The van der Waals surface area contributed by atoms with Crippen molar-refractivity contribution in [3.05, 3.63) is 53.9 Å². The average molecular weight is 395 g/mol. The van der Waals surface area contributed by atoms with Crippen molar-refractivity contribution < 1.29 is 19.1 Å². The van der Waals surface area contributed by atoms with Gasteiger partial charge in [-0.15, -0.1) is 0 Å². The van der Waals surface area contributed by atoms with Crippen molar-refractivity contribution in [1.82, 2.24) is 4.57 Å². The van der Waals surface area contributed by atoms with Gasteiger partial charge in [-0.1, -0.05) is 34.1 Å². The fraction of sp³-hybridized carbons (Fsp3) is 0.294. The first kappa shape index (κ1) is 18.2. The van der Waals surface area contributed by atoms with Crippen LogP contribution in [0.1, 0.15) is 41.8 Å². The smallest absolute Gasteiger partial charge is 0.419 e. The zero-order valence-electron chi connectivity index (χ0n) is 13.7. The van der Waals surface area contributed by atoms with Crippen LogP contribution in [0.3, 0.4) is 0 Å².